The van der Waals surface area contributed by atoms with Gasteiger partial charge in [0, 0.05) is 5.56 Å². The zero-order valence-electron chi connectivity index (χ0n) is 7.36. The SMILES string of the molecule is Cc1cc(-c2nnc(Cl)s2)ccc1O. The van der Waals surface area contributed by atoms with E-state index in [1.54, 1.807) is 12.1 Å². The van der Waals surface area contributed by atoms with E-state index in [1.165, 1.54) is 11.3 Å². The molecule has 1 heterocycles. The molecular weight excluding hydrogens is 220 g/mol. The molecule has 0 bridgehead atoms. The number of benzene rings is 1. The van der Waals surface area contributed by atoms with E-state index in [9.17, 15) is 5.11 Å². The number of hydrogen-bond acceptors (Lipinski definition) is 4. The summed E-state index contributed by atoms with van der Waals surface area (Å²) in [6.07, 6.45) is 0. The normalized spacial score (nSPS) is 10.4. The van der Waals surface area contributed by atoms with Crippen LogP contribution in [0.25, 0.3) is 10.6 Å². The van der Waals surface area contributed by atoms with Crippen LogP contribution in [0.5, 0.6) is 5.75 Å². The fourth-order valence-corrected chi connectivity index (χ4v) is 1.94. The van der Waals surface area contributed by atoms with Crippen molar-refractivity contribution in [2.75, 3.05) is 0 Å². The van der Waals surface area contributed by atoms with Crippen LogP contribution in [0.4, 0.5) is 0 Å². The number of phenols is 1. The van der Waals surface area contributed by atoms with Crippen LogP contribution in [0.2, 0.25) is 4.47 Å². The van der Waals surface area contributed by atoms with Gasteiger partial charge in [-0.25, -0.2) is 0 Å². The van der Waals surface area contributed by atoms with E-state index in [-0.39, 0.29) is 5.75 Å². The molecule has 0 fully saturated rings. The summed E-state index contributed by atoms with van der Waals surface area (Å²) in [7, 11) is 0. The highest BCUT2D eigenvalue weighted by molar-refractivity contribution is 7.18. The molecule has 5 heteroatoms. The molecule has 1 N–H and O–H groups in total. The van der Waals surface area contributed by atoms with E-state index in [4.69, 9.17) is 11.6 Å². The van der Waals surface area contributed by atoms with Gasteiger partial charge < -0.3 is 5.11 Å². The molecule has 3 nitrogen and oxygen atoms in total. The summed E-state index contributed by atoms with van der Waals surface area (Å²) in [5, 5.41) is 17.7. The fraction of sp³-hybridized carbons (Fsp3) is 0.111. The molecule has 2 aromatic rings. The van der Waals surface area contributed by atoms with Gasteiger partial charge in [0.1, 0.15) is 10.8 Å². The maximum atomic E-state index is 9.34. The molecule has 0 aliphatic rings. The van der Waals surface area contributed by atoms with Crippen molar-refractivity contribution in [1.82, 2.24) is 10.2 Å². The van der Waals surface area contributed by atoms with Gasteiger partial charge in [-0.3, -0.25) is 0 Å². The highest BCUT2D eigenvalue weighted by Crippen LogP contribution is 2.29. The molecule has 72 valence electrons. The molecule has 0 saturated heterocycles. The predicted molar refractivity (Wildman–Crippen MR) is 56.8 cm³/mol. The van der Waals surface area contributed by atoms with Gasteiger partial charge in [-0.2, -0.15) is 0 Å². The van der Waals surface area contributed by atoms with E-state index < -0.39 is 0 Å². The zero-order chi connectivity index (χ0) is 10.1. The highest BCUT2D eigenvalue weighted by atomic mass is 35.5. The van der Waals surface area contributed by atoms with Gasteiger partial charge in [0.05, 0.1) is 0 Å². The minimum absolute atomic E-state index is 0.282. The van der Waals surface area contributed by atoms with Crippen molar-refractivity contribution in [1.29, 1.82) is 0 Å². The number of aromatic nitrogens is 2. The number of hydrogen-bond donors (Lipinski definition) is 1. The molecule has 2 rings (SSSR count). The molecule has 0 amide bonds. The standard InChI is InChI=1S/C9H7ClN2OS/c1-5-4-6(2-3-7(5)13)8-11-12-9(10)14-8/h2-4,13H,1H3. The topological polar surface area (TPSA) is 46.0 Å². The van der Waals surface area contributed by atoms with Gasteiger partial charge in [0.2, 0.25) is 4.47 Å². The second kappa shape index (κ2) is 3.55. The summed E-state index contributed by atoms with van der Waals surface area (Å²) in [6, 6.07) is 5.28. The molecule has 0 saturated carbocycles. The molecule has 14 heavy (non-hydrogen) atoms. The Kier molecular flexibility index (Phi) is 2.39. The number of aromatic hydroxyl groups is 1. The van der Waals surface area contributed by atoms with Crippen molar-refractivity contribution in [3.8, 4) is 16.3 Å². The van der Waals surface area contributed by atoms with Crippen LogP contribution in [0.3, 0.4) is 0 Å². The molecule has 0 spiro atoms. The molecule has 0 aliphatic carbocycles. The van der Waals surface area contributed by atoms with Crippen LogP contribution in [0.15, 0.2) is 18.2 Å². The fourth-order valence-electron chi connectivity index (χ4n) is 1.11. The summed E-state index contributed by atoms with van der Waals surface area (Å²) in [5.74, 6) is 0.282. The third-order valence-electron chi connectivity index (χ3n) is 1.84. The Labute approximate surface area is 90.0 Å². The maximum absolute atomic E-state index is 9.34. The number of rotatable bonds is 1. The van der Waals surface area contributed by atoms with Gasteiger partial charge in [-0.1, -0.05) is 11.3 Å². The van der Waals surface area contributed by atoms with E-state index >= 15 is 0 Å². The van der Waals surface area contributed by atoms with Crippen LogP contribution in [-0.4, -0.2) is 15.3 Å². The van der Waals surface area contributed by atoms with Crippen LogP contribution in [0, 0.1) is 6.92 Å². The number of aryl methyl sites for hydroxylation is 1. The van der Waals surface area contributed by atoms with Gasteiger partial charge in [0.25, 0.3) is 0 Å². The summed E-state index contributed by atoms with van der Waals surface area (Å²) in [4.78, 5) is 0. The number of halogens is 1. The van der Waals surface area contributed by atoms with Gasteiger partial charge in [0.15, 0.2) is 0 Å². The Bertz CT molecular complexity index is 470. The van der Waals surface area contributed by atoms with Crippen LogP contribution in [0.1, 0.15) is 5.56 Å². The average molecular weight is 227 g/mol. The molecule has 0 unspecified atom stereocenters. The van der Waals surface area contributed by atoms with E-state index in [1.807, 2.05) is 13.0 Å². The van der Waals surface area contributed by atoms with Crippen molar-refractivity contribution >= 4 is 22.9 Å². The lowest BCUT2D eigenvalue weighted by molar-refractivity contribution is 0.471. The Morgan fingerprint density at radius 1 is 1.36 bits per heavy atom. The van der Waals surface area contributed by atoms with E-state index in [2.05, 4.69) is 10.2 Å². The van der Waals surface area contributed by atoms with Crippen LogP contribution in [-0.2, 0) is 0 Å². The first-order valence-corrected chi connectivity index (χ1v) is 5.15. The lowest BCUT2D eigenvalue weighted by atomic mass is 10.1. The van der Waals surface area contributed by atoms with E-state index in [0.29, 0.717) is 4.47 Å². The minimum Gasteiger partial charge on any atom is -0.508 e. The first kappa shape index (κ1) is 9.43. The van der Waals surface area contributed by atoms with Crippen molar-refractivity contribution < 1.29 is 5.11 Å². The lowest BCUT2D eigenvalue weighted by Crippen LogP contribution is -1.79. The van der Waals surface area contributed by atoms with Gasteiger partial charge in [-0.15, -0.1) is 10.2 Å². The quantitative estimate of drug-likeness (QED) is 0.813. The summed E-state index contributed by atoms with van der Waals surface area (Å²) < 4.78 is 0.422. The Balaban J connectivity index is 2.47. The summed E-state index contributed by atoms with van der Waals surface area (Å²) in [5.41, 5.74) is 1.73. The third kappa shape index (κ3) is 1.71. The molecular formula is C9H7ClN2OS. The van der Waals surface area contributed by atoms with Crippen molar-refractivity contribution in [3.05, 3.63) is 28.2 Å². The highest BCUT2D eigenvalue weighted by Gasteiger charge is 2.06. The Hall–Kier alpha value is -1.13. The number of nitrogens with zero attached hydrogens (tertiary/aromatic N) is 2. The Morgan fingerprint density at radius 3 is 2.71 bits per heavy atom. The average Bonchev–Trinajstić information content (AvgIpc) is 2.57. The second-order valence-electron chi connectivity index (χ2n) is 2.86. The first-order valence-electron chi connectivity index (χ1n) is 3.96. The molecule has 0 radical (unpaired) electrons. The molecule has 0 atom stereocenters. The monoisotopic (exact) mass is 226 g/mol. The van der Waals surface area contributed by atoms with Crippen LogP contribution < -0.4 is 0 Å². The smallest absolute Gasteiger partial charge is 0.207 e. The van der Waals surface area contributed by atoms with Gasteiger partial charge >= 0.3 is 0 Å². The van der Waals surface area contributed by atoms with Crippen molar-refractivity contribution in [3.63, 3.8) is 0 Å². The Morgan fingerprint density at radius 2 is 2.14 bits per heavy atom. The van der Waals surface area contributed by atoms with Crippen LogP contribution >= 0.6 is 22.9 Å². The third-order valence-corrected chi connectivity index (χ3v) is 2.91. The van der Waals surface area contributed by atoms with Crippen molar-refractivity contribution in [2.24, 2.45) is 0 Å². The predicted octanol–water partition coefficient (Wildman–Crippen LogP) is 2.87. The number of phenolic OH excluding ortho intramolecular Hbond substituents is 1. The summed E-state index contributed by atoms with van der Waals surface area (Å²) >= 11 is 6.99. The second-order valence-corrected chi connectivity index (χ2v) is 4.42. The van der Waals surface area contributed by atoms with Gasteiger partial charge in [-0.05, 0) is 42.3 Å². The lowest BCUT2D eigenvalue weighted by Gasteiger charge is -1.99. The largest absolute Gasteiger partial charge is 0.508 e. The molecule has 1 aromatic carbocycles. The summed E-state index contributed by atoms with van der Waals surface area (Å²) in [6.45, 7) is 1.83. The van der Waals surface area contributed by atoms with Crippen molar-refractivity contribution in [2.45, 2.75) is 6.92 Å². The molecule has 0 aliphatic heterocycles. The minimum atomic E-state index is 0.282. The zero-order valence-corrected chi connectivity index (χ0v) is 8.93. The molecule has 1 aromatic heterocycles. The van der Waals surface area contributed by atoms with E-state index in [0.717, 1.165) is 16.1 Å². The first-order chi connectivity index (χ1) is 6.66. The maximum Gasteiger partial charge on any atom is 0.207 e.